The number of carbonyl (C=O) groups excluding carboxylic acids is 1. The molecule has 7 nitrogen and oxygen atoms in total. The lowest BCUT2D eigenvalue weighted by Crippen LogP contribution is -2.33. The number of amides is 1. The second kappa shape index (κ2) is 8.99. The zero-order chi connectivity index (χ0) is 22.0. The van der Waals surface area contributed by atoms with Gasteiger partial charge in [-0.05, 0) is 34.1 Å². The number of aromatic nitrogens is 2. The van der Waals surface area contributed by atoms with Gasteiger partial charge in [-0.3, -0.25) is 14.2 Å². The number of nitrogens with one attached hydrogen (secondary N) is 1. The van der Waals surface area contributed by atoms with Crippen LogP contribution in [0.3, 0.4) is 0 Å². The molecule has 4 aromatic rings. The summed E-state index contributed by atoms with van der Waals surface area (Å²) in [6, 6.07) is 15.8. The van der Waals surface area contributed by atoms with Crippen molar-refractivity contribution in [1.29, 1.82) is 0 Å². The van der Waals surface area contributed by atoms with E-state index in [-0.39, 0.29) is 24.2 Å². The van der Waals surface area contributed by atoms with Crippen LogP contribution in [-0.2, 0) is 6.54 Å². The molecule has 9 heteroatoms. The van der Waals surface area contributed by atoms with Gasteiger partial charge in [-0.1, -0.05) is 46.3 Å². The molecule has 0 spiro atoms. The summed E-state index contributed by atoms with van der Waals surface area (Å²) < 4.78 is 8.06. The van der Waals surface area contributed by atoms with Crippen LogP contribution in [0.4, 0.5) is 0 Å². The normalized spacial score (nSPS) is 10.9. The van der Waals surface area contributed by atoms with Crippen molar-refractivity contribution in [1.82, 2.24) is 14.9 Å². The number of halogens is 2. The zero-order valence-corrected chi connectivity index (χ0v) is 19.1. The second-order valence-corrected chi connectivity index (χ2v) is 8.45. The number of carbonyl (C=O) groups is 1. The summed E-state index contributed by atoms with van der Waals surface area (Å²) in [4.78, 5) is 41.4. The third kappa shape index (κ3) is 4.67. The van der Waals surface area contributed by atoms with Crippen molar-refractivity contribution in [2.24, 2.45) is 0 Å². The molecule has 0 saturated carbocycles. The molecule has 0 radical (unpaired) electrons. The van der Waals surface area contributed by atoms with E-state index in [0.717, 1.165) is 10.0 Å². The molecule has 0 fully saturated rings. The monoisotopic (exact) mass is 543 g/mol. The maximum absolute atomic E-state index is 12.5. The van der Waals surface area contributed by atoms with Gasteiger partial charge in [0.25, 0.3) is 11.5 Å². The van der Waals surface area contributed by atoms with E-state index in [1.54, 1.807) is 12.1 Å². The molecular formula is C22H15Br2N3O4. The van der Waals surface area contributed by atoms with E-state index in [0.29, 0.717) is 21.1 Å². The van der Waals surface area contributed by atoms with Crippen LogP contribution in [0.5, 0.6) is 0 Å². The van der Waals surface area contributed by atoms with Crippen molar-refractivity contribution < 1.29 is 9.21 Å². The lowest BCUT2D eigenvalue weighted by atomic mass is 10.1. The topological polar surface area (TPSA) is 94.2 Å². The van der Waals surface area contributed by atoms with Crippen molar-refractivity contribution in [3.63, 3.8) is 0 Å². The molecule has 0 saturated heterocycles. The molecule has 1 amide bonds. The number of nitrogens with zero attached hydrogens (tertiary/aromatic N) is 2. The summed E-state index contributed by atoms with van der Waals surface area (Å²) in [7, 11) is 0. The van der Waals surface area contributed by atoms with Crippen LogP contribution >= 0.6 is 31.9 Å². The summed E-state index contributed by atoms with van der Waals surface area (Å²) in [6.07, 6.45) is 1.44. The minimum atomic E-state index is -0.737. The maximum atomic E-state index is 12.5. The van der Waals surface area contributed by atoms with Crippen molar-refractivity contribution in [3.8, 4) is 11.3 Å². The first-order chi connectivity index (χ1) is 14.9. The van der Waals surface area contributed by atoms with Gasteiger partial charge in [0.05, 0.1) is 16.5 Å². The van der Waals surface area contributed by atoms with Crippen molar-refractivity contribution in [3.05, 3.63) is 96.2 Å². The fourth-order valence-electron chi connectivity index (χ4n) is 3.06. The predicted octanol–water partition coefficient (Wildman–Crippen LogP) is 3.97. The highest BCUT2D eigenvalue weighted by atomic mass is 79.9. The third-order valence-electron chi connectivity index (χ3n) is 4.58. The SMILES string of the molecule is O=C(NCCn1cnc(-c2ccccc2)cc1=O)c1cc2cc(Br)cc(Br)c2oc1=O. The first kappa shape index (κ1) is 21.2. The van der Waals surface area contributed by atoms with Gasteiger partial charge in [-0.2, -0.15) is 0 Å². The number of benzene rings is 2. The Morgan fingerprint density at radius 2 is 1.84 bits per heavy atom. The summed E-state index contributed by atoms with van der Waals surface area (Å²) in [6.45, 7) is 0.355. The van der Waals surface area contributed by atoms with Crippen LogP contribution in [0.2, 0.25) is 0 Å². The van der Waals surface area contributed by atoms with E-state index >= 15 is 0 Å². The first-order valence-electron chi connectivity index (χ1n) is 9.25. The van der Waals surface area contributed by atoms with Gasteiger partial charge >= 0.3 is 5.63 Å². The molecule has 156 valence electrons. The summed E-state index contributed by atoms with van der Waals surface area (Å²) in [5.41, 5.74) is 0.712. The zero-order valence-electron chi connectivity index (χ0n) is 16.0. The summed E-state index contributed by atoms with van der Waals surface area (Å²) >= 11 is 6.71. The van der Waals surface area contributed by atoms with Gasteiger partial charge in [0.15, 0.2) is 5.58 Å². The lowest BCUT2D eigenvalue weighted by molar-refractivity contribution is 0.0948. The fourth-order valence-corrected chi connectivity index (χ4v) is 4.40. The molecule has 2 heterocycles. The minimum Gasteiger partial charge on any atom is -0.421 e. The number of rotatable bonds is 5. The Hall–Kier alpha value is -3.04. The van der Waals surface area contributed by atoms with Gasteiger partial charge in [0.1, 0.15) is 5.56 Å². The highest BCUT2D eigenvalue weighted by Gasteiger charge is 2.15. The molecule has 2 aromatic heterocycles. The van der Waals surface area contributed by atoms with E-state index < -0.39 is 11.5 Å². The number of hydrogen-bond acceptors (Lipinski definition) is 5. The van der Waals surface area contributed by atoms with E-state index in [1.807, 2.05) is 30.3 Å². The van der Waals surface area contributed by atoms with Gasteiger partial charge < -0.3 is 9.73 Å². The number of hydrogen-bond donors (Lipinski definition) is 1. The van der Waals surface area contributed by atoms with Gasteiger partial charge in [-0.25, -0.2) is 9.78 Å². The molecule has 2 aromatic carbocycles. The maximum Gasteiger partial charge on any atom is 0.349 e. The Kier molecular flexibility index (Phi) is 6.15. The quantitative estimate of drug-likeness (QED) is 0.384. The van der Waals surface area contributed by atoms with Crippen LogP contribution in [0.1, 0.15) is 10.4 Å². The van der Waals surface area contributed by atoms with Crippen LogP contribution in [0, 0.1) is 0 Å². The van der Waals surface area contributed by atoms with E-state index in [4.69, 9.17) is 4.42 Å². The van der Waals surface area contributed by atoms with Crippen molar-refractivity contribution in [2.45, 2.75) is 6.54 Å². The van der Waals surface area contributed by atoms with Crippen molar-refractivity contribution in [2.75, 3.05) is 6.54 Å². The van der Waals surface area contributed by atoms with Crippen LogP contribution in [-0.4, -0.2) is 22.0 Å². The van der Waals surface area contributed by atoms with E-state index in [1.165, 1.54) is 23.0 Å². The lowest BCUT2D eigenvalue weighted by Gasteiger charge is -2.08. The highest BCUT2D eigenvalue weighted by molar-refractivity contribution is 9.11. The Bertz CT molecular complexity index is 1400. The molecule has 1 N–H and O–H groups in total. The van der Waals surface area contributed by atoms with Gasteiger partial charge in [0, 0.05) is 34.6 Å². The molecular weight excluding hydrogens is 530 g/mol. The average molecular weight is 545 g/mol. The van der Waals surface area contributed by atoms with E-state index in [9.17, 15) is 14.4 Å². The Morgan fingerprint density at radius 3 is 2.58 bits per heavy atom. The Balaban J connectivity index is 1.47. The van der Waals surface area contributed by atoms with E-state index in [2.05, 4.69) is 42.2 Å². The number of fused-ring (bicyclic) bond motifs is 1. The largest absolute Gasteiger partial charge is 0.421 e. The van der Waals surface area contributed by atoms with Crippen LogP contribution < -0.4 is 16.5 Å². The molecule has 0 unspecified atom stereocenters. The average Bonchev–Trinajstić information content (AvgIpc) is 2.75. The molecule has 0 aliphatic heterocycles. The Labute approximate surface area is 193 Å². The first-order valence-corrected chi connectivity index (χ1v) is 10.8. The molecule has 31 heavy (non-hydrogen) atoms. The molecule has 4 rings (SSSR count). The molecule has 0 atom stereocenters. The minimum absolute atomic E-state index is 0.109. The predicted molar refractivity (Wildman–Crippen MR) is 124 cm³/mol. The fraction of sp³-hybridized carbons (Fsp3) is 0.0909. The van der Waals surface area contributed by atoms with Gasteiger partial charge in [-0.15, -0.1) is 0 Å². The summed E-state index contributed by atoms with van der Waals surface area (Å²) in [5, 5.41) is 3.25. The standard InChI is InChI=1S/C22H15Br2N3O4/c23-15-8-14-9-16(22(30)31-20(14)17(24)10-15)21(29)25-6-7-27-12-26-18(11-19(27)28)13-4-2-1-3-5-13/h1-5,8-12H,6-7H2,(H,25,29). The third-order valence-corrected chi connectivity index (χ3v) is 5.63. The smallest absolute Gasteiger partial charge is 0.349 e. The molecule has 0 bridgehead atoms. The summed E-state index contributed by atoms with van der Waals surface area (Å²) in [5.74, 6) is -0.575. The molecule has 0 aliphatic carbocycles. The van der Waals surface area contributed by atoms with Crippen molar-refractivity contribution >= 4 is 48.7 Å². The highest BCUT2D eigenvalue weighted by Crippen LogP contribution is 2.28. The molecule has 0 aliphatic rings. The Morgan fingerprint density at radius 1 is 1.06 bits per heavy atom. The second-order valence-electron chi connectivity index (χ2n) is 6.68. The van der Waals surface area contributed by atoms with Crippen LogP contribution in [0.15, 0.2) is 83.9 Å². The van der Waals surface area contributed by atoms with Gasteiger partial charge in [0.2, 0.25) is 0 Å². The van der Waals surface area contributed by atoms with Crippen LogP contribution in [0.25, 0.3) is 22.2 Å².